The molecule has 2 amide bonds. The van der Waals surface area contributed by atoms with E-state index >= 15 is 0 Å². The lowest BCUT2D eigenvalue weighted by Crippen LogP contribution is -2.47. The van der Waals surface area contributed by atoms with Crippen LogP contribution in [-0.4, -0.2) is 48.7 Å². The minimum atomic E-state index is -0.353. The van der Waals surface area contributed by atoms with Crippen LogP contribution < -0.4 is 10.1 Å². The summed E-state index contributed by atoms with van der Waals surface area (Å²) in [7, 11) is 1.52. The van der Waals surface area contributed by atoms with Crippen LogP contribution in [0.1, 0.15) is 31.1 Å². The van der Waals surface area contributed by atoms with E-state index in [-0.39, 0.29) is 30.5 Å². The van der Waals surface area contributed by atoms with Crippen molar-refractivity contribution in [3.8, 4) is 5.75 Å². The molecule has 0 aromatic heterocycles. The molecule has 6 nitrogen and oxygen atoms in total. The number of halogens is 1. The topological polar surface area (TPSA) is 75.7 Å². The van der Waals surface area contributed by atoms with Gasteiger partial charge in [0.25, 0.3) is 5.91 Å². The molecule has 0 heterocycles. The summed E-state index contributed by atoms with van der Waals surface area (Å²) in [6, 6.07) is 4.92. The number of likely N-dealkylation sites (N-methyl/N-ethyl adjacent to an activating group) is 1. The van der Waals surface area contributed by atoms with Gasteiger partial charge in [-0.25, -0.2) is 0 Å². The molecule has 0 saturated heterocycles. The smallest absolute Gasteiger partial charge is 0.260 e. The first kappa shape index (κ1) is 19.2. The van der Waals surface area contributed by atoms with Gasteiger partial charge in [-0.05, 0) is 39.0 Å². The van der Waals surface area contributed by atoms with Crippen molar-refractivity contribution in [2.45, 2.75) is 26.3 Å². The Bertz CT molecular complexity index is 596. The van der Waals surface area contributed by atoms with Gasteiger partial charge in [-0.1, -0.05) is 15.9 Å². The van der Waals surface area contributed by atoms with E-state index in [0.717, 1.165) is 4.47 Å². The van der Waals surface area contributed by atoms with Crippen LogP contribution in [0.5, 0.6) is 5.75 Å². The highest BCUT2D eigenvalue weighted by molar-refractivity contribution is 9.10. The highest BCUT2D eigenvalue weighted by atomic mass is 79.9. The third-order valence-electron chi connectivity index (χ3n) is 2.77. The average Bonchev–Trinajstić information content (AvgIpc) is 2.43. The maximum absolute atomic E-state index is 12.0. The van der Waals surface area contributed by atoms with Gasteiger partial charge < -0.3 is 15.0 Å². The van der Waals surface area contributed by atoms with Gasteiger partial charge >= 0.3 is 0 Å². The predicted octanol–water partition coefficient (Wildman–Crippen LogP) is 2.01. The molecule has 0 saturated carbocycles. The van der Waals surface area contributed by atoms with E-state index in [2.05, 4.69) is 21.2 Å². The molecular formula is C16H21BrN2O4. The summed E-state index contributed by atoms with van der Waals surface area (Å²) in [6.45, 7) is 5.29. The maximum Gasteiger partial charge on any atom is 0.260 e. The number of nitrogens with one attached hydrogen (secondary N) is 1. The van der Waals surface area contributed by atoms with E-state index in [0.29, 0.717) is 17.6 Å². The van der Waals surface area contributed by atoms with Gasteiger partial charge in [0, 0.05) is 17.1 Å². The molecule has 0 aliphatic rings. The van der Waals surface area contributed by atoms with Crippen molar-refractivity contribution >= 4 is 34.0 Å². The molecule has 126 valence electrons. The van der Waals surface area contributed by atoms with Crippen molar-refractivity contribution in [1.29, 1.82) is 0 Å². The van der Waals surface area contributed by atoms with Crippen LogP contribution in [0.4, 0.5) is 0 Å². The largest absolute Gasteiger partial charge is 0.483 e. The minimum Gasteiger partial charge on any atom is -0.483 e. The van der Waals surface area contributed by atoms with E-state index in [1.54, 1.807) is 18.2 Å². The van der Waals surface area contributed by atoms with Crippen molar-refractivity contribution in [2.24, 2.45) is 0 Å². The molecule has 1 aromatic rings. The average molecular weight is 385 g/mol. The molecule has 7 heteroatoms. The number of aldehydes is 1. The van der Waals surface area contributed by atoms with Gasteiger partial charge in [-0.2, -0.15) is 0 Å². The van der Waals surface area contributed by atoms with E-state index in [9.17, 15) is 14.4 Å². The molecule has 0 unspecified atom stereocenters. The van der Waals surface area contributed by atoms with Crippen molar-refractivity contribution < 1.29 is 19.1 Å². The number of amides is 2. The Labute approximate surface area is 144 Å². The molecule has 0 aliphatic carbocycles. The standard InChI is InChI=1S/C16H21BrN2O4/c1-16(2,3)18-14(21)8-19(4)15(22)10-23-13-6-5-12(17)7-11(13)9-20/h5-7,9H,8,10H2,1-4H3,(H,18,21). The Morgan fingerprint density at radius 2 is 2.00 bits per heavy atom. The summed E-state index contributed by atoms with van der Waals surface area (Å²) in [5.41, 5.74) is -0.00591. The van der Waals surface area contributed by atoms with Crippen molar-refractivity contribution in [3.63, 3.8) is 0 Å². The second kappa shape index (κ2) is 8.10. The second-order valence-electron chi connectivity index (χ2n) is 6.14. The number of nitrogens with zero attached hydrogens (tertiary/aromatic N) is 1. The molecule has 0 radical (unpaired) electrons. The summed E-state index contributed by atoms with van der Waals surface area (Å²) in [5, 5.41) is 2.78. The number of hydrogen-bond acceptors (Lipinski definition) is 4. The lowest BCUT2D eigenvalue weighted by atomic mass is 10.1. The molecule has 0 spiro atoms. The first-order valence-electron chi connectivity index (χ1n) is 7.05. The van der Waals surface area contributed by atoms with Gasteiger partial charge in [0.1, 0.15) is 5.75 Å². The summed E-state index contributed by atoms with van der Waals surface area (Å²) >= 11 is 3.26. The lowest BCUT2D eigenvalue weighted by Gasteiger charge is -2.23. The highest BCUT2D eigenvalue weighted by Gasteiger charge is 2.18. The Morgan fingerprint density at radius 1 is 1.35 bits per heavy atom. The van der Waals surface area contributed by atoms with Gasteiger partial charge in [0.2, 0.25) is 5.91 Å². The van der Waals surface area contributed by atoms with E-state index in [1.807, 2.05) is 20.8 Å². The van der Waals surface area contributed by atoms with E-state index in [4.69, 9.17) is 4.74 Å². The summed E-state index contributed by atoms with van der Waals surface area (Å²) in [4.78, 5) is 36.1. The minimum absolute atomic E-state index is 0.0552. The third-order valence-corrected chi connectivity index (χ3v) is 3.26. The van der Waals surface area contributed by atoms with Crippen LogP contribution in [0.25, 0.3) is 0 Å². The zero-order valence-electron chi connectivity index (χ0n) is 13.7. The van der Waals surface area contributed by atoms with Crippen LogP contribution in [-0.2, 0) is 9.59 Å². The number of carbonyl (C=O) groups excluding carboxylic acids is 3. The monoisotopic (exact) mass is 384 g/mol. The molecule has 1 rings (SSSR count). The predicted molar refractivity (Wildman–Crippen MR) is 90.6 cm³/mol. The van der Waals surface area contributed by atoms with Crippen molar-refractivity contribution in [2.75, 3.05) is 20.2 Å². The molecule has 23 heavy (non-hydrogen) atoms. The number of benzene rings is 1. The van der Waals surface area contributed by atoms with Crippen LogP contribution >= 0.6 is 15.9 Å². The van der Waals surface area contributed by atoms with Crippen LogP contribution in [0.3, 0.4) is 0 Å². The Hall–Kier alpha value is -1.89. The number of rotatable bonds is 6. The zero-order valence-corrected chi connectivity index (χ0v) is 15.3. The van der Waals surface area contributed by atoms with Gasteiger partial charge in [0.15, 0.2) is 12.9 Å². The number of carbonyl (C=O) groups is 3. The van der Waals surface area contributed by atoms with Crippen LogP contribution in [0.15, 0.2) is 22.7 Å². The maximum atomic E-state index is 12.0. The fourth-order valence-electron chi connectivity index (χ4n) is 1.75. The van der Waals surface area contributed by atoms with Crippen LogP contribution in [0, 0.1) is 0 Å². The quantitative estimate of drug-likeness (QED) is 0.761. The molecule has 1 aromatic carbocycles. The molecule has 0 atom stereocenters. The zero-order chi connectivity index (χ0) is 17.6. The Morgan fingerprint density at radius 3 is 2.57 bits per heavy atom. The second-order valence-corrected chi connectivity index (χ2v) is 7.05. The van der Waals surface area contributed by atoms with Crippen molar-refractivity contribution in [1.82, 2.24) is 10.2 Å². The normalized spacial score (nSPS) is 10.8. The fraction of sp³-hybridized carbons (Fsp3) is 0.438. The number of ether oxygens (including phenoxy) is 1. The summed E-state index contributed by atoms with van der Waals surface area (Å²) in [5.74, 6) is -0.275. The van der Waals surface area contributed by atoms with E-state index in [1.165, 1.54) is 11.9 Å². The highest BCUT2D eigenvalue weighted by Crippen LogP contribution is 2.21. The van der Waals surface area contributed by atoms with Gasteiger partial charge in [0.05, 0.1) is 12.1 Å². The fourth-order valence-corrected chi connectivity index (χ4v) is 2.13. The first-order valence-corrected chi connectivity index (χ1v) is 7.84. The van der Waals surface area contributed by atoms with Gasteiger partial charge in [-0.3, -0.25) is 14.4 Å². The van der Waals surface area contributed by atoms with Gasteiger partial charge in [-0.15, -0.1) is 0 Å². The summed E-state index contributed by atoms with van der Waals surface area (Å²) < 4.78 is 6.12. The third kappa shape index (κ3) is 6.81. The molecular weight excluding hydrogens is 364 g/mol. The number of hydrogen-bond donors (Lipinski definition) is 1. The van der Waals surface area contributed by atoms with Crippen molar-refractivity contribution in [3.05, 3.63) is 28.2 Å². The SMILES string of the molecule is CN(CC(=O)NC(C)(C)C)C(=O)COc1ccc(Br)cc1C=O. The first-order chi connectivity index (χ1) is 10.6. The molecule has 0 bridgehead atoms. The Kier molecular flexibility index (Phi) is 6.75. The lowest BCUT2D eigenvalue weighted by molar-refractivity contribution is -0.136. The van der Waals surface area contributed by atoms with Crippen LogP contribution in [0.2, 0.25) is 0 Å². The Balaban J connectivity index is 2.56. The van der Waals surface area contributed by atoms with E-state index < -0.39 is 0 Å². The molecule has 1 N–H and O–H groups in total. The molecule has 0 aliphatic heterocycles. The summed E-state index contributed by atoms with van der Waals surface area (Å²) in [6.07, 6.45) is 0.658. The molecule has 0 fully saturated rings.